The van der Waals surface area contributed by atoms with Gasteiger partial charge in [-0.05, 0) is 55.6 Å². The maximum absolute atomic E-state index is 11.1. The number of rotatable bonds is 14. The largest absolute Gasteiger partial charge is 0.385 e. The second-order valence-electron chi connectivity index (χ2n) is 12.1. The number of aliphatic hydroxyl groups excluding tert-OH is 2. The molecule has 6 unspecified atom stereocenters. The third-order valence-electron chi connectivity index (χ3n) is 8.64. The SMILES string of the molecule is C/C(=C\CC12OC1(C)C(O)c1ccccc1C2O)CCCC(C)CCCC(C)CCCC(C)C. The summed E-state index contributed by atoms with van der Waals surface area (Å²) in [7, 11) is 0. The summed E-state index contributed by atoms with van der Waals surface area (Å²) < 4.78 is 6.11. The number of hydrogen-bond donors (Lipinski definition) is 2. The Labute approximate surface area is 209 Å². The van der Waals surface area contributed by atoms with Gasteiger partial charge in [-0.2, -0.15) is 0 Å². The lowest BCUT2D eigenvalue weighted by Gasteiger charge is -2.33. The second kappa shape index (κ2) is 11.7. The maximum atomic E-state index is 11.1. The van der Waals surface area contributed by atoms with Crippen LogP contribution in [0.1, 0.15) is 129 Å². The molecule has 1 aromatic rings. The number of epoxide rings is 1. The minimum atomic E-state index is -0.710. The Balaban J connectivity index is 1.38. The van der Waals surface area contributed by atoms with Gasteiger partial charge in [-0.25, -0.2) is 0 Å². The molecule has 3 nitrogen and oxygen atoms in total. The van der Waals surface area contributed by atoms with Crippen molar-refractivity contribution in [2.24, 2.45) is 17.8 Å². The lowest BCUT2D eigenvalue weighted by molar-refractivity contribution is 0.0566. The summed E-state index contributed by atoms with van der Waals surface area (Å²) in [6.45, 7) is 13.6. The van der Waals surface area contributed by atoms with Crippen LogP contribution < -0.4 is 0 Å². The van der Waals surface area contributed by atoms with Crippen LogP contribution in [0.15, 0.2) is 35.9 Å². The smallest absolute Gasteiger partial charge is 0.134 e. The summed E-state index contributed by atoms with van der Waals surface area (Å²) in [4.78, 5) is 0. The first-order valence-corrected chi connectivity index (χ1v) is 13.9. The Kier molecular flexibility index (Phi) is 9.45. The lowest BCUT2D eigenvalue weighted by Crippen LogP contribution is -2.39. The summed E-state index contributed by atoms with van der Waals surface area (Å²) in [6.07, 6.45) is 13.3. The van der Waals surface area contributed by atoms with Gasteiger partial charge in [0.25, 0.3) is 0 Å². The van der Waals surface area contributed by atoms with Gasteiger partial charge in [-0.1, -0.05) is 109 Å². The van der Waals surface area contributed by atoms with Crippen LogP contribution in [0, 0.1) is 17.8 Å². The molecule has 1 aliphatic heterocycles. The molecule has 1 heterocycles. The van der Waals surface area contributed by atoms with Gasteiger partial charge in [-0.15, -0.1) is 0 Å². The zero-order valence-electron chi connectivity index (χ0n) is 22.6. The number of fused-ring (bicyclic) bond motifs is 2. The number of hydrogen-bond acceptors (Lipinski definition) is 3. The molecule has 2 N–H and O–H groups in total. The molecule has 0 saturated carbocycles. The molecule has 0 aromatic heterocycles. The highest BCUT2D eigenvalue weighted by molar-refractivity contribution is 5.45. The molecule has 1 aromatic carbocycles. The van der Waals surface area contributed by atoms with Crippen LogP contribution in [0.5, 0.6) is 0 Å². The van der Waals surface area contributed by atoms with Gasteiger partial charge < -0.3 is 14.9 Å². The van der Waals surface area contributed by atoms with Crippen LogP contribution in [0.25, 0.3) is 0 Å². The van der Waals surface area contributed by atoms with Crippen molar-refractivity contribution in [3.63, 3.8) is 0 Å². The van der Waals surface area contributed by atoms with Gasteiger partial charge in [0, 0.05) is 6.42 Å². The summed E-state index contributed by atoms with van der Waals surface area (Å²) in [5, 5.41) is 22.0. The van der Waals surface area contributed by atoms with Crippen LogP contribution in [0.2, 0.25) is 0 Å². The first-order valence-electron chi connectivity index (χ1n) is 13.9. The fourth-order valence-corrected chi connectivity index (χ4v) is 6.02. The van der Waals surface area contributed by atoms with Gasteiger partial charge in [-0.3, -0.25) is 0 Å². The molecule has 34 heavy (non-hydrogen) atoms. The van der Waals surface area contributed by atoms with E-state index in [9.17, 15) is 10.2 Å². The number of aliphatic hydroxyl groups is 2. The summed E-state index contributed by atoms with van der Waals surface area (Å²) in [5.41, 5.74) is 1.54. The molecule has 0 bridgehead atoms. The topological polar surface area (TPSA) is 53.0 Å². The van der Waals surface area contributed by atoms with Crippen molar-refractivity contribution in [1.82, 2.24) is 0 Å². The summed E-state index contributed by atoms with van der Waals surface area (Å²) in [5.74, 6) is 2.49. The van der Waals surface area contributed by atoms with E-state index in [0.717, 1.165) is 35.3 Å². The molecule has 1 aliphatic carbocycles. The lowest BCUT2D eigenvalue weighted by atomic mass is 9.71. The predicted octanol–water partition coefficient (Wildman–Crippen LogP) is 8.07. The van der Waals surface area contributed by atoms with Crippen molar-refractivity contribution < 1.29 is 14.9 Å². The Morgan fingerprint density at radius 1 is 0.882 bits per heavy atom. The van der Waals surface area contributed by atoms with Crippen LogP contribution in [0.4, 0.5) is 0 Å². The van der Waals surface area contributed by atoms with Crippen LogP contribution >= 0.6 is 0 Å². The molecule has 1 saturated heterocycles. The highest BCUT2D eigenvalue weighted by Crippen LogP contribution is 2.66. The van der Waals surface area contributed by atoms with Crippen molar-refractivity contribution in [3.05, 3.63) is 47.0 Å². The Hall–Kier alpha value is -1.16. The van der Waals surface area contributed by atoms with E-state index < -0.39 is 23.4 Å². The number of ether oxygens (including phenoxy) is 1. The van der Waals surface area contributed by atoms with Crippen molar-refractivity contribution in [3.8, 4) is 0 Å². The van der Waals surface area contributed by atoms with E-state index in [-0.39, 0.29) is 0 Å². The molecule has 6 atom stereocenters. The van der Waals surface area contributed by atoms with Crippen LogP contribution in [0.3, 0.4) is 0 Å². The van der Waals surface area contributed by atoms with E-state index in [1.54, 1.807) is 0 Å². The van der Waals surface area contributed by atoms with Gasteiger partial charge in [0.05, 0.1) is 0 Å². The Morgan fingerprint density at radius 2 is 1.41 bits per heavy atom. The number of allylic oxidation sites excluding steroid dienone is 1. The standard InChI is InChI=1S/C31H50O3/c1-22(2)12-9-13-23(3)14-10-15-24(4)16-11-17-25(5)20-21-31-29(33)27-19-8-7-18-26(27)28(32)30(31,6)34-31/h7-8,18-20,22-24,28-29,32-33H,9-17,21H2,1-6H3/b25-20+. The van der Waals surface area contributed by atoms with Gasteiger partial charge in [0.1, 0.15) is 23.4 Å². The Bertz CT molecular complexity index is 815. The minimum Gasteiger partial charge on any atom is -0.385 e. The molecule has 3 heteroatoms. The van der Waals surface area contributed by atoms with Gasteiger partial charge >= 0.3 is 0 Å². The van der Waals surface area contributed by atoms with Crippen molar-refractivity contribution in [2.45, 2.75) is 129 Å². The van der Waals surface area contributed by atoms with E-state index >= 15 is 0 Å². The van der Waals surface area contributed by atoms with Gasteiger partial charge in [0.15, 0.2) is 0 Å². The first kappa shape index (κ1) is 27.4. The molecule has 3 rings (SSSR count). The predicted molar refractivity (Wildman–Crippen MR) is 142 cm³/mol. The zero-order chi connectivity index (χ0) is 24.9. The summed E-state index contributed by atoms with van der Waals surface area (Å²) >= 11 is 0. The average molecular weight is 471 g/mol. The Morgan fingerprint density at radius 3 is 2.00 bits per heavy atom. The van der Waals surface area contributed by atoms with Crippen molar-refractivity contribution in [1.29, 1.82) is 0 Å². The fraction of sp³-hybridized carbons (Fsp3) is 0.742. The molecule has 192 valence electrons. The molecule has 1 fully saturated rings. The molecular weight excluding hydrogens is 420 g/mol. The van der Waals surface area contributed by atoms with E-state index in [1.165, 1.54) is 56.9 Å². The van der Waals surface area contributed by atoms with E-state index in [2.05, 4.69) is 40.7 Å². The quantitative estimate of drug-likeness (QED) is 0.213. The highest BCUT2D eigenvalue weighted by Gasteiger charge is 2.76. The average Bonchev–Trinajstić information content (AvgIpc) is 3.43. The molecule has 0 radical (unpaired) electrons. The minimum absolute atomic E-state index is 0.645. The third kappa shape index (κ3) is 6.15. The van der Waals surface area contributed by atoms with Crippen molar-refractivity contribution in [2.75, 3.05) is 0 Å². The van der Waals surface area contributed by atoms with Crippen LogP contribution in [-0.4, -0.2) is 21.4 Å². The van der Waals surface area contributed by atoms with Gasteiger partial charge in [0.2, 0.25) is 0 Å². The zero-order valence-corrected chi connectivity index (χ0v) is 22.6. The monoisotopic (exact) mass is 470 g/mol. The molecular formula is C31H50O3. The normalized spacial score (nSPS) is 30.1. The molecule has 0 amide bonds. The van der Waals surface area contributed by atoms with Crippen LogP contribution in [-0.2, 0) is 4.74 Å². The van der Waals surface area contributed by atoms with Crippen molar-refractivity contribution >= 4 is 0 Å². The maximum Gasteiger partial charge on any atom is 0.134 e. The van der Waals surface area contributed by atoms with E-state index in [0.29, 0.717) is 6.42 Å². The highest BCUT2D eigenvalue weighted by atomic mass is 16.7. The van der Waals surface area contributed by atoms with E-state index in [1.807, 2.05) is 31.2 Å². The third-order valence-corrected chi connectivity index (χ3v) is 8.64. The fourth-order valence-electron chi connectivity index (χ4n) is 6.02. The summed E-state index contributed by atoms with van der Waals surface area (Å²) in [6, 6.07) is 7.64. The second-order valence-corrected chi connectivity index (χ2v) is 12.1. The molecule has 2 aliphatic rings. The first-order chi connectivity index (χ1) is 16.1. The van der Waals surface area contributed by atoms with E-state index in [4.69, 9.17) is 4.74 Å². The number of benzene rings is 1. The molecule has 0 spiro atoms.